The van der Waals surface area contributed by atoms with Gasteiger partial charge in [-0.05, 0) is 23.1 Å². The zero-order chi connectivity index (χ0) is 14.9. The van der Waals surface area contributed by atoms with Crippen LogP contribution in [0.25, 0.3) is 11.1 Å². The number of alkyl halides is 3. The molecule has 2 rings (SSSR count). The second kappa shape index (κ2) is 5.15. The second-order valence-corrected chi connectivity index (χ2v) is 4.90. The monoisotopic (exact) mass is 280 g/mol. The highest BCUT2D eigenvalue weighted by Gasteiger charge is 2.31. The van der Waals surface area contributed by atoms with E-state index in [1.165, 1.54) is 0 Å². The molecule has 2 N–H and O–H groups in total. The van der Waals surface area contributed by atoms with Crippen molar-refractivity contribution in [3.63, 3.8) is 0 Å². The zero-order valence-electron chi connectivity index (χ0n) is 11.2. The molecule has 0 aliphatic carbocycles. The number of aromatic nitrogens is 1. The molecule has 0 spiro atoms. The van der Waals surface area contributed by atoms with Crippen LogP contribution in [0.4, 0.5) is 19.0 Å². The van der Waals surface area contributed by atoms with Crippen molar-refractivity contribution >= 4 is 5.82 Å². The first kappa shape index (κ1) is 14.4. The summed E-state index contributed by atoms with van der Waals surface area (Å²) in [7, 11) is 0. The van der Waals surface area contributed by atoms with Gasteiger partial charge in [-0.15, -0.1) is 0 Å². The molecule has 2 aromatic rings. The number of benzene rings is 1. The Kier molecular flexibility index (Phi) is 3.70. The van der Waals surface area contributed by atoms with Gasteiger partial charge in [0.05, 0.1) is 5.56 Å². The highest BCUT2D eigenvalue weighted by atomic mass is 19.4. The summed E-state index contributed by atoms with van der Waals surface area (Å²) in [5.41, 5.74) is 6.93. The standard InChI is InChI=1S/C15H15F3N2/c1-9(2)11-5-3-4-6-12(11)13-7-10(15(16,17)18)8-20-14(13)19/h3-9H,1-2H3,(H2,19,20). The first-order chi connectivity index (χ1) is 9.30. The fourth-order valence-corrected chi connectivity index (χ4v) is 2.09. The van der Waals surface area contributed by atoms with E-state index in [0.29, 0.717) is 11.1 Å². The van der Waals surface area contributed by atoms with E-state index in [-0.39, 0.29) is 11.7 Å². The third kappa shape index (κ3) is 2.76. The maximum atomic E-state index is 12.8. The predicted octanol–water partition coefficient (Wildman–Crippen LogP) is 4.47. The molecule has 5 heteroatoms. The van der Waals surface area contributed by atoms with Gasteiger partial charge in [-0.25, -0.2) is 4.98 Å². The maximum absolute atomic E-state index is 12.8. The number of nitrogen functional groups attached to an aromatic ring is 1. The Hall–Kier alpha value is -2.04. The molecular weight excluding hydrogens is 265 g/mol. The Morgan fingerprint density at radius 3 is 2.35 bits per heavy atom. The Morgan fingerprint density at radius 1 is 1.10 bits per heavy atom. The molecule has 2 nitrogen and oxygen atoms in total. The lowest BCUT2D eigenvalue weighted by atomic mass is 9.92. The fraction of sp³-hybridized carbons (Fsp3) is 0.267. The summed E-state index contributed by atoms with van der Waals surface area (Å²) >= 11 is 0. The normalized spacial score (nSPS) is 11.9. The van der Waals surface area contributed by atoms with Crippen molar-refractivity contribution in [3.8, 4) is 11.1 Å². The lowest BCUT2D eigenvalue weighted by molar-refractivity contribution is -0.137. The minimum absolute atomic E-state index is 0.103. The Balaban J connectivity index is 2.64. The van der Waals surface area contributed by atoms with Crippen LogP contribution in [-0.4, -0.2) is 4.98 Å². The van der Waals surface area contributed by atoms with Gasteiger partial charge < -0.3 is 5.73 Å². The number of rotatable bonds is 2. The van der Waals surface area contributed by atoms with Gasteiger partial charge in [-0.3, -0.25) is 0 Å². The van der Waals surface area contributed by atoms with Crippen LogP contribution in [-0.2, 0) is 6.18 Å². The van der Waals surface area contributed by atoms with Crippen LogP contribution in [0.2, 0.25) is 0 Å². The number of hydrogen-bond acceptors (Lipinski definition) is 2. The predicted molar refractivity (Wildman–Crippen MR) is 73.2 cm³/mol. The van der Waals surface area contributed by atoms with Gasteiger partial charge in [0.15, 0.2) is 0 Å². The molecule has 0 aliphatic heterocycles. The van der Waals surface area contributed by atoms with Crippen LogP contribution in [0.5, 0.6) is 0 Å². The third-order valence-corrected chi connectivity index (χ3v) is 3.12. The van der Waals surface area contributed by atoms with Crippen LogP contribution in [0.15, 0.2) is 36.5 Å². The summed E-state index contributed by atoms with van der Waals surface area (Å²) in [4.78, 5) is 3.68. The summed E-state index contributed by atoms with van der Waals surface area (Å²) in [6, 6.07) is 8.35. The summed E-state index contributed by atoms with van der Waals surface area (Å²) < 4.78 is 38.4. The molecule has 0 atom stereocenters. The number of pyridine rings is 1. The van der Waals surface area contributed by atoms with Crippen molar-refractivity contribution in [2.45, 2.75) is 25.9 Å². The van der Waals surface area contributed by atoms with Gasteiger partial charge in [0.2, 0.25) is 0 Å². The molecule has 0 fully saturated rings. The summed E-state index contributed by atoms with van der Waals surface area (Å²) in [5, 5.41) is 0. The number of nitrogens with two attached hydrogens (primary N) is 1. The number of halogens is 3. The van der Waals surface area contributed by atoms with E-state index < -0.39 is 11.7 Å². The Bertz CT molecular complexity index is 619. The molecule has 0 saturated heterocycles. The fourth-order valence-electron chi connectivity index (χ4n) is 2.09. The first-order valence-corrected chi connectivity index (χ1v) is 6.22. The largest absolute Gasteiger partial charge is 0.417 e. The van der Waals surface area contributed by atoms with Crippen molar-refractivity contribution in [2.24, 2.45) is 0 Å². The Labute approximate surface area is 115 Å². The lowest BCUT2D eigenvalue weighted by Gasteiger charge is -2.15. The molecule has 20 heavy (non-hydrogen) atoms. The zero-order valence-corrected chi connectivity index (χ0v) is 11.2. The van der Waals surface area contributed by atoms with E-state index in [2.05, 4.69) is 4.98 Å². The molecule has 0 radical (unpaired) electrons. The maximum Gasteiger partial charge on any atom is 0.417 e. The van der Waals surface area contributed by atoms with E-state index in [0.717, 1.165) is 17.8 Å². The SMILES string of the molecule is CC(C)c1ccccc1-c1cc(C(F)(F)F)cnc1N. The molecule has 0 amide bonds. The number of nitrogens with zero attached hydrogens (tertiary/aromatic N) is 1. The summed E-state index contributed by atoms with van der Waals surface area (Å²) in [6.45, 7) is 3.96. The van der Waals surface area contributed by atoms with E-state index in [1.54, 1.807) is 12.1 Å². The molecule has 0 bridgehead atoms. The molecule has 0 saturated carbocycles. The van der Waals surface area contributed by atoms with E-state index in [9.17, 15) is 13.2 Å². The quantitative estimate of drug-likeness (QED) is 0.881. The highest BCUT2D eigenvalue weighted by molar-refractivity contribution is 5.77. The third-order valence-electron chi connectivity index (χ3n) is 3.12. The number of anilines is 1. The van der Waals surface area contributed by atoms with Gasteiger partial charge in [-0.1, -0.05) is 38.1 Å². The van der Waals surface area contributed by atoms with Crippen LogP contribution >= 0.6 is 0 Å². The molecule has 1 heterocycles. The van der Waals surface area contributed by atoms with Crippen LogP contribution in [0.3, 0.4) is 0 Å². The van der Waals surface area contributed by atoms with Crippen molar-refractivity contribution < 1.29 is 13.2 Å². The topological polar surface area (TPSA) is 38.9 Å². The first-order valence-electron chi connectivity index (χ1n) is 6.22. The van der Waals surface area contributed by atoms with Gasteiger partial charge in [0, 0.05) is 11.8 Å². The second-order valence-electron chi connectivity index (χ2n) is 4.90. The van der Waals surface area contributed by atoms with Crippen LogP contribution in [0, 0.1) is 0 Å². The van der Waals surface area contributed by atoms with E-state index in [4.69, 9.17) is 5.73 Å². The molecule has 1 aromatic heterocycles. The molecule has 0 aliphatic rings. The summed E-state index contributed by atoms with van der Waals surface area (Å²) in [6.07, 6.45) is -3.67. The van der Waals surface area contributed by atoms with Gasteiger partial charge in [0.25, 0.3) is 0 Å². The van der Waals surface area contributed by atoms with Crippen LogP contribution < -0.4 is 5.73 Å². The van der Waals surface area contributed by atoms with Crippen molar-refractivity contribution in [2.75, 3.05) is 5.73 Å². The van der Waals surface area contributed by atoms with Gasteiger partial charge in [-0.2, -0.15) is 13.2 Å². The smallest absolute Gasteiger partial charge is 0.383 e. The van der Waals surface area contributed by atoms with E-state index in [1.807, 2.05) is 26.0 Å². The molecule has 106 valence electrons. The van der Waals surface area contributed by atoms with Crippen molar-refractivity contribution in [3.05, 3.63) is 47.7 Å². The average molecular weight is 280 g/mol. The minimum atomic E-state index is -4.43. The average Bonchev–Trinajstić information content (AvgIpc) is 2.38. The lowest BCUT2D eigenvalue weighted by Crippen LogP contribution is -2.08. The molecular formula is C15H15F3N2. The number of hydrogen-bond donors (Lipinski definition) is 1. The van der Waals surface area contributed by atoms with Crippen molar-refractivity contribution in [1.29, 1.82) is 0 Å². The van der Waals surface area contributed by atoms with Gasteiger partial charge >= 0.3 is 6.18 Å². The molecule has 1 aromatic carbocycles. The van der Waals surface area contributed by atoms with Crippen molar-refractivity contribution in [1.82, 2.24) is 4.98 Å². The molecule has 0 unspecified atom stereocenters. The minimum Gasteiger partial charge on any atom is -0.383 e. The van der Waals surface area contributed by atoms with Gasteiger partial charge in [0.1, 0.15) is 5.82 Å². The Morgan fingerprint density at radius 2 is 1.75 bits per heavy atom. The highest BCUT2D eigenvalue weighted by Crippen LogP contribution is 2.36. The summed E-state index contributed by atoms with van der Waals surface area (Å²) in [5.74, 6) is 0.284. The van der Waals surface area contributed by atoms with E-state index >= 15 is 0 Å². The van der Waals surface area contributed by atoms with Crippen LogP contribution in [0.1, 0.15) is 30.9 Å².